The van der Waals surface area contributed by atoms with Crippen LogP contribution in [0.4, 0.5) is 0 Å². The van der Waals surface area contributed by atoms with Gasteiger partial charge in [0.25, 0.3) is 0 Å². The van der Waals surface area contributed by atoms with Crippen molar-refractivity contribution in [3.63, 3.8) is 0 Å². The van der Waals surface area contributed by atoms with Gasteiger partial charge in [-0.05, 0) is 0 Å². The molecule has 0 spiro atoms. The third kappa shape index (κ3) is 38.6. The second-order valence-electron chi connectivity index (χ2n) is 0. The summed E-state index contributed by atoms with van der Waals surface area (Å²) in [7, 11) is 2.23. The molecule has 0 fully saturated rings. The van der Waals surface area contributed by atoms with E-state index in [9.17, 15) is 0 Å². The van der Waals surface area contributed by atoms with Crippen LogP contribution in [0.5, 0.6) is 0 Å². The van der Waals surface area contributed by atoms with Crippen LogP contribution < -0.4 is 0 Å². The second kappa shape index (κ2) is 49.0. The Balaban J connectivity index is -0.000000000333. The summed E-state index contributed by atoms with van der Waals surface area (Å²) in [6.07, 6.45) is 0. The van der Waals surface area contributed by atoms with E-state index in [0.717, 1.165) is 0 Å². The zero-order valence-electron chi connectivity index (χ0n) is 1.96. The Hall–Kier alpha value is 6.75. The summed E-state index contributed by atoms with van der Waals surface area (Å²) in [5.74, 6) is 0. The summed E-state index contributed by atoms with van der Waals surface area (Å²) in [5.41, 5.74) is 0. The molecule has 0 saturated carbocycles. The fourth-order valence-electron chi connectivity index (χ4n) is 0. The van der Waals surface area contributed by atoms with Gasteiger partial charge in [0.05, 0.1) is 0 Å². The molecule has 0 heterocycles. The maximum Gasteiger partial charge on any atom is 0 e. The molecule has 0 aromatic rings. The van der Waals surface area contributed by atoms with Crippen molar-refractivity contribution >= 4 is 150 Å². The van der Waals surface area contributed by atoms with E-state index in [0.29, 0.717) is 0 Å². The van der Waals surface area contributed by atoms with E-state index in [1.807, 2.05) is 0 Å². The van der Waals surface area contributed by atoms with Crippen LogP contribution in [0.3, 0.4) is 0 Å². The summed E-state index contributed by atoms with van der Waals surface area (Å²) >= 11 is 2.85. The van der Waals surface area contributed by atoms with Gasteiger partial charge in [-0.3, -0.25) is 0 Å². The van der Waals surface area contributed by atoms with E-state index in [1.165, 1.54) is 0 Å². The van der Waals surface area contributed by atoms with Gasteiger partial charge >= 0.3 is 165 Å². The Morgan fingerprint density at radius 2 is 1.12 bits per heavy atom. The van der Waals surface area contributed by atoms with E-state index in [4.69, 9.17) is 0 Å². The monoisotopic (exact) mass is 347 g/mol. The number of hydrogen-bond donors (Lipinski definition) is 0. The van der Waals surface area contributed by atoms with E-state index in [2.05, 4.69) is 23.5 Å². The minimum Gasteiger partial charge on any atom is 0 e. The first kappa shape index (κ1) is 46.4. The zero-order chi connectivity index (χ0) is 2.00. The standard InChI is InChI=1S/Ca.Cu.K.Mg.Mn.Na.H2P.Zn.6H/h;;;;;;1H2;;;;;;;/q;;;;+1;;-1;;;;;;;. The third-order valence-electron chi connectivity index (χ3n) is 0. The van der Waals surface area contributed by atoms with E-state index < -0.39 is 0 Å². The minimum atomic E-state index is 0. The average Bonchev–Trinajstić information content (AvgIpc) is 1.00. The van der Waals surface area contributed by atoms with E-state index >= 15 is 0 Å². The summed E-state index contributed by atoms with van der Waals surface area (Å²) in [5, 5.41) is 0. The van der Waals surface area contributed by atoms with Gasteiger partial charge in [0.15, 0.2) is 0 Å². The summed E-state index contributed by atoms with van der Waals surface area (Å²) in [4.78, 5) is 0. The fourth-order valence-corrected chi connectivity index (χ4v) is 0. The minimum absolute atomic E-state index is 0. The molecule has 1 unspecified atom stereocenters. The molecule has 0 aromatic carbocycles. The molecule has 8 heteroatoms. The Bertz CT molecular complexity index is 24.0. The van der Waals surface area contributed by atoms with Crippen molar-refractivity contribution in [3.8, 4) is 0 Å². The Morgan fingerprint density at radius 3 is 1.12 bits per heavy atom. The normalized spacial score (nSPS) is 0.750. The molecule has 0 aliphatic heterocycles. The first-order valence-corrected chi connectivity index (χ1v) is 2.70. The summed E-state index contributed by atoms with van der Waals surface area (Å²) in [6, 6.07) is 0. The smallest absolute Gasteiger partial charge is 0 e. The van der Waals surface area contributed by atoms with E-state index in [1.54, 1.807) is 0 Å². The zero-order valence-corrected chi connectivity index (χ0v) is 8.21. The van der Waals surface area contributed by atoms with Gasteiger partial charge in [-0.25, -0.2) is 0 Å². The van der Waals surface area contributed by atoms with Crippen LogP contribution in [0.1, 0.15) is 0 Å². The molecule has 0 amide bonds. The molecule has 0 bridgehead atoms. The van der Waals surface area contributed by atoms with Crippen LogP contribution in [0.25, 0.3) is 0 Å². The van der Waals surface area contributed by atoms with Crippen LogP contribution in [-0.2, 0) is 52.1 Å². The molecule has 1 radical (unpaired) electrons. The van der Waals surface area contributed by atoms with Crippen molar-refractivity contribution in [2.75, 3.05) is 0 Å². The second-order valence-corrected chi connectivity index (χ2v) is 0. The number of rotatable bonds is 0. The quantitative estimate of drug-likeness (QED) is 0.327. The SMILES string of the molecule is [CaH2].[Cu].[KH].[MgH2].[NaH].[PH2][Mn].[Zn]. The van der Waals surface area contributed by atoms with Gasteiger partial charge in [0.2, 0.25) is 0 Å². The van der Waals surface area contributed by atoms with Crippen LogP contribution in [0.2, 0.25) is 0 Å². The van der Waals surface area contributed by atoms with Crippen LogP contribution in [0, 0.1) is 0 Å². The molecule has 0 aliphatic carbocycles. The van der Waals surface area contributed by atoms with Crippen molar-refractivity contribution in [1.82, 2.24) is 0 Å². The largest absolute Gasteiger partial charge is 0 e. The predicted molar refractivity (Wildman–Crippen MR) is 41.1 cm³/mol. The first-order valence-electron chi connectivity index (χ1n) is 0.218. The molecule has 0 aromatic heterocycles. The first-order chi connectivity index (χ1) is 1.00. The van der Waals surface area contributed by atoms with Crippen molar-refractivity contribution in [2.45, 2.75) is 0 Å². The Labute approximate surface area is 195 Å². The van der Waals surface area contributed by atoms with Gasteiger partial charge in [-0.15, -0.1) is 0 Å². The molecule has 0 N–H and O–H groups in total. The fraction of sp³-hybridized carbons (Fsp3) is 0. The van der Waals surface area contributed by atoms with Gasteiger partial charge < -0.3 is 0 Å². The molecule has 8 heavy (non-hydrogen) atoms. The molecular weight excluding hydrogens is 341 g/mol. The predicted octanol–water partition coefficient (Wildman–Crippen LogP) is -2.81. The van der Waals surface area contributed by atoms with Crippen LogP contribution in [-0.4, -0.2) is 142 Å². The topological polar surface area (TPSA) is 0 Å². The van der Waals surface area contributed by atoms with Gasteiger partial charge in [-0.1, -0.05) is 0 Å². The Kier molecular flexibility index (Phi) is 285. The van der Waals surface area contributed by atoms with Crippen molar-refractivity contribution in [1.29, 1.82) is 0 Å². The maximum absolute atomic E-state index is 2.85. The van der Waals surface area contributed by atoms with Crippen molar-refractivity contribution in [2.24, 2.45) is 0 Å². The van der Waals surface area contributed by atoms with Gasteiger partial charge in [-0.2, -0.15) is 0 Å². The van der Waals surface area contributed by atoms with Gasteiger partial charge in [0, 0.05) is 36.5 Å². The molecular formula is H8CaCuKMgMnNaPZn. The average molecular weight is 349 g/mol. The Morgan fingerprint density at radius 1 is 1.12 bits per heavy atom. The molecule has 0 nitrogen and oxygen atoms in total. The molecule has 1 atom stereocenters. The van der Waals surface area contributed by atoms with Crippen LogP contribution >= 0.6 is 7.93 Å². The molecule has 0 aliphatic rings. The molecule has 0 saturated heterocycles. The summed E-state index contributed by atoms with van der Waals surface area (Å²) < 4.78 is 0. The van der Waals surface area contributed by atoms with Crippen molar-refractivity contribution in [3.05, 3.63) is 0 Å². The number of hydrogen-bond acceptors (Lipinski definition) is 0. The third-order valence-corrected chi connectivity index (χ3v) is 0. The molecule has 39 valence electrons. The summed E-state index contributed by atoms with van der Waals surface area (Å²) in [6.45, 7) is 0. The maximum atomic E-state index is 2.85. The van der Waals surface area contributed by atoms with Crippen LogP contribution in [0.15, 0.2) is 0 Å². The molecule has 0 rings (SSSR count). The van der Waals surface area contributed by atoms with Crippen molar-refractivity contribution < 1.29 is 52.1 Å². The van der Waals surface area contributed by atoms with Gasteiger partial charge in [0.1, 0.15) is 0 Å². The van der Waals surface area contributed by atoms with E-state index in [-0.39, 0.29) is 178 Å².